The van der Waals surface area contributed by atoms with Crippen molar-refractivity contribution in [3.8, 4) is 5.75 Å². The fourth-order valence-electron chi connectivity index (χ4n) is 4.45. The van der Waals surface area contributed by atoms with Crippen LogP contribution in [0.4, 0.5) is 0 Å². The minimum atomic E-state index is -0.487. The number of para-hydroxylation sites is 1. The van der Waals surface area contributed by atoms with E-state index in [9.17, 15) is 9.59 Å². The molecule has 0 unspecified atom stereocenters. The van der Waals surface area contributed by atoms with Crippen LogP contribution in [0.3, 0.4) is 0 Å². The quantitative estimate of drug-likeness (QED) is 0.425. The Bertz CT molecular complexity index is 1190. The molecule has 0 fully saturated rings. The lowest BCUT2D eigenvalue weighted by Gasteiger charge is -2.26. The molecule has 1 aliphatic rings. The summed E-state index contributed by atoms with van der Waals surface area (Å²) in [7, 11) is 0. The van der Waals surface area contributed by atoms with Crippen molar-refractivity contribution in [3.63, 3.8) is 0 Å². The fourth-order valence-corrected chi connectivity index (χ4v) is 4.45. The molecule has 4 rings (SSSR count). The van der Waals surface area contributed by atoms with E-state index in [1.165, 1.54) is 0 Å². The molecule has 0 spiro atoms. The Kier molecular flexibility index (Phi) is 6.94. The smallest absolute Gasteiger partial charge is 0.290 e. The van der Waals surface area contributed by atoms with Crippen molar-refractivity contribution < 1.29 is 13.9 Å². The van der Waals surface area contributed by atoms with E-state index in [0.29, 0.717) is 35.4 Å². The van der Waals surface area contributed by atoms with Crippen LogP contribution in [0.25, 0.3) is 11.0 Å². The van der Waals surface area contributed by atoms with Gasteiger partial charge in [-0.1, -0.05) is 50.8 Å². The summed E-state index contributed by atoms with van der Waals surface area (Å²) in [6, 6.07) is 14.2. The predicted molar refractivity (Wildman–Crippen MR) is 130 cm³/mol. The zero-order valence-corrected chi connectivity index (χ0v) is 19.3. The summed E-state index contributed by atoms with van der Waals surface area (Å²) in [6.45, 7) is 11.7. The molecule has 1 aromatic heterocycles. The van der Waals surface area contributed by atoms with Gasteiger partial charge in [-0.15, -0.1) is 0 Å². The Morgan fingerprint density at radius 2 is 1.82 bits per heavy atom. The van der Waals surface area contributed by atoms with Crippen molar-refractivity contribution in [1.29, 1.82) is 0 Å². The van der Waals surface area contributed by atoms with Crippen LogP contribution in [0.5, 0.6) is 5.75 Å². The summed E-state index contributed by atoms with van der Waals surface area (Å²) in [6.07, 6.45) is 2.50. The molecular weight excluding hydrogens is 416 g/mol. The summed E-state index contributed by atoms with van der Waals surface area (Å²) in [4.78, 5) is 31.0. The number of amides is 1. The number of hydrogen-bond acceptors (Lipinski definition) is 5. The first-order chi connectivity index (χ1) is 16.1. The third kappa shape index (κ3) is 4.44. The average molecular weight is 447 g/mol. The molecule has 0 saturated heterocycles. The van der Waals surface area contributed by atoms with E-state index in [1.807, 2.05) is 30.3 Å². The van der Waals surface area contributed by atoms with E-state index in [4.69, 9.17) is 9.15 Å². The Labute approximate surface area is 194 Å². The number of rotatable bonds is 10. The average Bonchev–Trinajstić information content (AvgIpc) is 3.12. The van der Waals surface area contributed by atoms with Gasteiger partial charge in [0.1, 0.15) is 17.9 Å². The van der Waals surface area contributed by atoms with Crippen LogP contribution >= 0.6 is 0 Å². The van der Waals surface area contributed by atoms with Gasteiger partial charge < -0.3 is 19.0 Å². The molecule has 1 atom stereocenters. The molecule has 0 saturated carbocycles. The van der Waals surface area contributed by atoms with Crippen molar-refractivity contribution in [2.75, 3.05) is 32.8 Å². The second-order valence-electron chi connectivity index (χ2n) is 8.12. The molecule has 0 N–H and O–H groups in total. The van der Waals surface area contributed by atoms with Crippen LogP contribution in [0.15, 0.2) is 70.4 Å². The van der Waals surface area contributed by atoms with E-state index in [1.54, 1.807) is 29.2 Å². The van der Waals surface area contributed by atoms with Crippen molar-refractivity contribution in [1.82, 2.24) is 9.80 Å². The molecular formula is C27H30N2O4. The van der Waals surface area contributed by atoms with Gasteiger partial charge in [0.05, 0.1) is 17.0 Å². The Balaban J connectivity index is 1.74. The van der Waals surface area contributed by atoms with Gasteiger partial charge in [0, 0.05) is 6.54 Å². The molecule has 0 radical (unpaired) electrons. The fraction of sp³-hybridized carbons (Fsp3) is 0.333. The van der Waals surface area contributed by atoms with E-state index < -0.39 is 6.04 Å². The van der Waals surface area contributed by atoms with Gasteiger partial charge in [0.2, 0.25) is 5.76 Å². The zero-order valence-electron chi connectivity index (χ0n) is 19.3. The molecule has 2 heterocycles. The van der Waals surface area contributed by atoms with Gasteiger partial charge in [0.15, 0.2) is 5.43 Å². The van der Waals surface area contributed by atoms with E-state index in [-0.39, 0.29) is 17.1 Å². The molecule has 172 valence electrons. The van der Waals surface area contributed by atoms with Crippen molar-refractivity contribution in [2.24, 2.45) is 0 Å². The van der Waals surface area contributed by atoms with Crippen LogP contribution in [0.2, 0.25) is 0 Å². The lowest BCUT2D eigenvalue weighted by Crippen LogP contribution is -2.33. The number of carbonyl (C=O) groups excluding carboxylic acids is 1. The highest BCUT2D eigenvalue weighted by molar-refractivity contribution is 5.99. The summed E-state index contributed by atoms with van der Waals surface area (Å²) >= 11 is 0. The van der Waals surface area contributed by atoms with Crippen molar-refractivity contribution in [3.05, 3.63) is 88.3 Å². The predicted octanol–water partition coefficient (Wildman–Crippen LogP) is 4.63. The van der Waals surface area contributed by atoms with Crippen LogP contribution in [0.1, 0.15) is 48.0 Å². The second-order valence-corrected chi connectivity index (χ2v) is 8.12. The zero-order chi connectivity index (χ0) is 23.4. The third-order valence-corrected chi connectivity index (χ3v) is 6.20. The van der Waals surface area contributed by atoms with Gasteiger partial charge in [-0.25, -0.2) is 0 Å². The van der Waals surface area contributed by atoms with Gasteiger partial charge >= 0.3 is 0 Å². The number of nitrogens with zero attached hydrogens (tertiary/aromatic N) is 2. The van der Waals surface area contributed by atoms with Crippen molar-refractivity contribution in [2.45, 2.75) is 26.3 Å². The highest BCUT2D eigenvalue weighted by Crippen LogP contribution is 2.38. The van der Waals surface area contributed by atoms with Crippen LogP contribution in [-0.2, 0) is 0 Å². The Morgan fingerprint density at radius 1 is 1.09 bits per heavy atom. The normalized spacial score (nSPS) is 15.3. The first-order valence-corrected chi connectivity index (χ1v) is 11.5. The minimum absolute atomic E-state index is 0.150. The maximum Gasteiger partial charge on any atom is 0.290 e. The molecule has 0 aliphatic carbocycles. The molecule has 1 amide bonds. The molecule has 0 bridgehead atoms. The number of fused-ring (bicyclic) bond motifs is 2. The molecule has 2 aromatic carbocycles. The first kappa shape index (κ1) is 22.8. The summed E-state index contributed by atoms with van der Waals surface area (Å²) in [5, 5.41) is 0.491. The largest absolute Gasteiger partial charge is 0.490 e. The van der Waals surface area contributed by atoms with E-state index in [2.05, 4.69) is 25.3 Å². The van der Waals surface area contributed by atoms with Crippen molar-refractivity contribution >= 4 is 16.9 Å². The standard InChI is InChI=1S/C27H30N2O4/c1-4-18-32-20-14-12-19(13-15-20)24-23-25(30)21-10-7-8-11-22(21)33-26(23)27(31)29(24)17-9-16-28(5-2)6-3/h4,7-8,10-15,24H,1,5-6,9,16-18H2,2-3H3/t24-/m1/s1. The van der Waals surface area contributed by atoms with Gasteiger partial charge in [-0.3, -0.25) is 9.59 Å². The molecule has 3 aromatic rings. The van der Waals surface area contributed by atoms with E-state index >= 15 is 0 Å². The maximum atomic E-state index is 13.5. The lowest BCUT2D eigenvalue weighted by atomic mass is 9.98. The monoisotopic (exact) mass is 446 g/mol. The minimum Gasteiger partial charge on any atom is -0.490 e. The van der Waals surface area contributed by atoms with Gasteiger partial charge in [0.25, 0.3) is 5.91 Å². The molecule has 33 heavy (non-hydrogen) atoms. The van der Waals surface area contributed by atoms with Crippen LogP contribution in [0, 0.1) is 0 Å². The maximum absolute atomic E-state index is 13.5. The highest BCUT2D eigenvalue weighted by atomic mass is 16.5. The summed E-state index contributed by atoms with van der Waals surface area (Å²) < 4.78 is 11.6. The number of ether oxygens (including phenoxy) is 1. The highest BCUT2D eigenvalue weighted by Gasteiger charge is 2.42. The number of carbonyl (C=O) groups is 1. The first-order valence-electron chi connectivity index (χ1n) is 11.5. The number of benzene rings is 2. The lowest BCUT2D eigenvalue weighted by molar-refractivity contribution is 0.0720. The summed E-state index contributed by atoms with van der Waals surface area (Å²) in [5.41, 5.74) is 1.56. The Morgan fingerprint density at radius 3 is 2.52 bits per heavy atom. The third-order valence-electron chi connectivity index (χ3n) is 6.20. The van der Waals surface area contributed by atoms with E-state index in [0.717, 1.165) is 31.6 Å². The molecule has 6 heteroatoms. The van der Waals surface area contributed by atoms with Crippen LogP contribution in [-0.4, -0.2) is 48.5 Å². The van der Waals surface area contributed by atoms with Crippen LogP contribution < -0.4 is 10.2 Å². The molecule has 6 nitrogen and oxygen atoms in total. The van der Waals surface area contributed by atoms with Gasteiger partial charge in [-0.05, 0) is 55.9 Å². The Hall–Kier alpha value is -3.38. The SMILES string of the molecule is C=CCOc1ccc([C@@H]2c3c(oc4ccccc4c3=O)C(=O)N2CCCN(CC)CC)cc1. The van der Waals surface area contributed by atoms with Gasteiger partial charge in [-0.2, -0.15) is 0 Å². The topological polar surface area (TPSA) is 63.0 Å². The second kappa shape index (κ2) is 10.0. The number of hydrogen-bond donors (Lipinski definition) is 0. The molecule has 1 aliphatic heterocycles. The summed E-state index contributed by atoms with van der Waals surface area (Å²) in [5.74, 6) is 0.629.